The van der Waals surface area contributed by atoms with E-state index in [1.54, 1.807) is 0 Å². The quantitative estimate of drug-likeness (QED) is 0.723. The van der Waals surface area contributed by atoms with Gasteiger partial charge in [-0.3, -0.25) is 9.69 Å². The fraction of sp³-hybridized carbons (Fsp3) is 0.467. The van der Waals surface area contributed by atoms with Gasteiger partial charge in [0, 0.05) is 5.56 Å². The van der Waals surface area contributed by atoms with Gasteiger partial charge in [-0.05, 0) is 38.1 Å². The lowest BCUT2D eigenvalue weighted by Crippen LogP contribution is -2.34. The van der Waals surface area contributed by atoms with E-state index in [-0.39, 0.29) is 5.91 Å². The maximum atomic E-state index is 12.1. The zero-order valence-electron chi connectivity index (χ0n) is 12.2. The van der Waals surface area contributed by atoms with Crippen LogP contribution in [0, 0.1) is 0 Å². The molecule has 5 heteroatoms. The van der Waals surface area contributed by atoms with Gasteiger partial charge in [-0.15, -0.1) is 0 Å². The number of thiocarbonyl (C=S) groups is 1. The summed E-state index contributed by atoms with van der Waals surface area (Å²) in [5, 5.41) is 2.89. The number of benzene rings is 1. The smallest absolute Gasteiger partial charge is 0.238 e. The van der Waals surface area contributed by atoms with Gasteiger partial charge in [-0.2, -0.15) is 0 Å². The third kappa shape index (κ3) is 5.27. The van der Waals surface area contributed by atoms with Crippen molar-refractivity contribution in [1.29, 1.82) is 0 Å². The number of nitrogens with one attached hydrogen (secondary N) is 1. The molecule has 110 valence electrons. The van der Waals surface area contributed by atoms with E-state index >= 15 is 0 Å². The number of carbonyl (C=O) groups is 1. The molecule has 0 aliphatic heterocycles. The fourth-order valence-corrected chi connectivity index (χ4v) is 2.28. The van der Waals surface area contributed by atoms with Crippen molar-refractivity contribution in [2.24, 2.45) is 5.73 Å². The monoisotopic (exact) mass is 293 g/mol. The molecule has 0 fully saturated rings. The summed E-state index contributed by atoms with van der Waals surface area (Å²) in [6, 6.07) is 7.34. The number of rotatable bonds is 8. The van der Waals surface area contributed by atoms with E-state index in [4.69, 9.17) is 18.0 Å². The van der Waals surface area contributed by atoms with Gasteiger partial charge in [0.2, 0.25) is 5.91 Å². The molecule has 1 amide bonds. The average molecular weight is 293 g/mol. The van der Waals surface area contributed by atoms with Gasteiger partial charge >= 0.3 is 0 Å². The van der Waals surface area contributed by atoms with Crippen molar-refractivity contribution in [3.8, 4) is 0 Å². The molecular weight excluding hydrogens is 270 g/mol. The second-order valence-corrected chi connectivity index (χ2v) is 5.17. The average Bonchev–Trinajstić information content (AvgIpc) is 2.39. The van der Waals surface area contributed by atoms with E-state index < -0.39 is 0 Å². The fourth-order valence-electron chi connectivity index (χ4n) is 2.10. The first-order valence-electron chi connectivity index (χ1n) is 6.99. The van der Waals surface area contributed by atoms with Crippen molar-refractivity contribution < 1.29 is 4.79 Å². The number of para-hydroxylation sites is 1. The summed E-state index contributed by atoms with van der Waals surface area (Å²) in [6.45, 7) is 6.48. The number of nitrogens with zero attached hydrogens (tertiary/aromatic N) is 1. The topological polar surface area (TPSA) is 58.4 Å². The van der Waals surface area contributed by atoms with Crippen LogP contribution in [0.15, 0.2) is 24.3 Å². The molecule has 3 N–H and O–H groups in total. The normalized spacial score (nSPS) is 10.6. The second-order valence-electron chi connectivity index (χ2n) is 4.73. The van der Waals surface area contributed by atoms with Crippen molar-refractivity contribution >= 4 is 28.8 Å². The Morgan fingerprint density at radius 1 is 1.25 bits per heavy atom. The highest BCUT2D eigenvalue weighted by atomic mass is 32.1. The highest BCUT2D eigenvalue weighted by Gasteiger charge is 2.11. The molecule has 1 aromatic rings. The Bertz CT molecular complexity index is 456. The first kappa shape index (κ1) is 16.6. The molecule has 0 bridgehead atoms. The van der Waals surface area contributed by atoms with Gasteiger partial charge in [0.25, 0.3) is 0 Å². The van der Waals surface area contributed by atoms with Crippen LogP contribution in [0.1, 0.15) is 32.3 Å². The lowest BCUT2D eigenvalue weighted by Gasteiger charge is -2.20. The molecule has 4 nitrogen and oxygen atoms in total. The molecule has 0 saturated heterocycles. The van der Waals surface area contributed by atoms with Crippen LogP contribution in [0.5, 0.6) is 0 Å². The van der Waals surface area contributed by atoms with E-state index in [1.807, 2.05) is 24.3 Å². The van der Waals surface area contributed by atoms with Gasteiger partial charge in [0.15, 0.2) is 0 Å². The Morgan fingerprint density at radius 3 is 2.40 bits per heavy atom. The molecule has 20 heavy (non-hydrogen) atoms. The summed E-state index contributed by atoms with van der Waals surface area (Å²) < 4.78 is 0. The Kier molecular flexibility index (Phi) is 7.18. The predicted molar refractivity (Wildman–Crippen MR) is 88.0 cm³/mol. The van der Waals surface area contributed by atoms with Crippen LogP contribution >= 0.6 is 12.2 Å². The Labute approximate surface area is 126 Å². The maximum absolute atomic E-state index is 12.1. The standard InChI is InChI=1S/C15H23N3OS/c1-3-9-18(10-4-2)11-14(19)17-13-8-6-5-7-12(13)15(16)20/h5-8H,3-4,9-11H2,1-2H3,(H2,16,20)(H,17,19). The molecule has 0 aliphatic carbocycles. The molecule has 0 aliphatic rings. The number of hydrogen-bond acceptors (Lipinski definition) is 3. The lowest BCUT2D eigenvalue weighted by atomic mass is 10.2. The Morgan fingerprint density at radius 2 is 1.85 bits per heavy atom. The number of amides is 1. The van der Waals surface area contributed by atoms with Gasteiger partial charge in [-0.1, -0.05) is 38.2 Å². The number of anilines is 1. The molecule has 1 aromatic carbocycles. The van der Waals surface area contributed by atoms with Gasteiger partial charge in [0.1, 0.15) is 4.99 Å². The summed E-state index contributed by atoms with van der Waals surface area (Å²) in [5.74, 6) is -0.0319. The third-order valence-electron chi connectivity index (χ3n) is 2.91. The minimum atomic E-state index is -0.0319. The zero-order valence-corrected chi connectivity index (χ0v) is 13.0. The highest BCUT2D eigenvalue weighted by molar-refractivity contribution is 7.80. The van der Waals surface area contributed by atoms with Crippen molar-refractivity contribution in [2.75, 3.05) is 25.0 Å². The van der Waals surface area contributed by atoms with E-state index in [0.29, 0.717) is 22.8 Å². The van der Waals surface area contributed by atoms with E-state index in [1.165, 1.54) is 0 Å². The highest BCUT2D eigenvalue weighted by Crippen LogP contribution is 2.14. The Hall–Kier alpha value is -1.46. The summed E-state index contributed by atoms with van der Waals surface area (Å²) in [7, 11) is 0. The molecule has 0 heterocycles. The van der Waals surface area contributed by atoms with Gasteiger partial charge in [0.05, 0.1) is 12.2 Å². The number of nitrogens with two attached hydrogens (primary N) is 1. The van der Waals surface area contributed by atoms with Gasteiger partial charge in [-0.25, -0.2) is 0 Å². The van der Waals surface area contributed by atoms with Crippen molar-refractivity contribution in [3.05, 3.63) is 29.8 Å². The number of carbonyl (C=O) groups excluding carboxylic acids is 1. The summed E-state index contributed by atoms with van der Waals surface area (Å²) in [5.41, 5.74) is 7.04. The van der Waals surface area contributed by atoms with E-state index in [9.17, 15) is 4.79 Å². The minimum Gasteiger partial charge on any atom is -0.389 e. The summed E-state index contributed by atoms with van der Waals surface area (Å²) in [6.07, 6.45) is 2.08. The third-order valence-corrected chi connectivity index (χ3v) is 3.13. The molecule has 0 radical (unpaired) electrons. The van der Waals surface area contributed by atoms with Crippen molar-refractivity contribution in [3.63, 3.8) is 0 Å². The van der Waals surface area contributed by atoms with Crippen LogP contribution < -0.4 is 11.1 Å². The van der Waals surface area contributed by atoms with Gasteiger partial charge < -0.3 is 11.1 Å². The first-order chi connectivity index (χ1) is 9.58. The van der Waals surface area contributed by atoms with Crippen LogP contribution in [0.25, 0.3) is 0 Å². The van der Waals surface area contributed by atoms with E-state index in [2.05, 4.69) is 24.1 Å². The van der Waals surface area contributed by atoms with Crippen LogP contribution in [0.4, 0.5) is 5.69 Å². The Balaban J connectivity index is 2.68. The molecule has 0 atom stereocenters. The first-order valence-corrected chi connectivity index (χ1v) is 7.40. The lowest BCUT2D eigenvalue weighted by molar-refractivity contribution is -0.117. The molecule has 0 unspecified atom stereocenters. The molecule has 0 spiro atoms. The van der Waals surface area contributed by atoms with Crippen molar-refractivity contribution in [1.82, 2.24) is 4.90 Å². The second kappa shape index (κ2) is 8.66. The van der Waals surface area contributed by atoms with Crippen LogP contribution in [-0.4, -0.2) is 35.4 Å². The van der Waals surface area contributed by atoms with Crippen molar-refractivity contribution in [2.45, 2.75) is 26.7 Å². The largest absolute Gasteiger partial charge is 0.389 e. The maximum Gasteiger partial charge on any atom is 0.238 e. The predicted octanol–water partition coefficient (Wildman–Crippen LogP) is 2.38. The molecule has 0 aromatic heterocycles. The summed E-state index contributed by atoms with van der Waals surface area (Å²) in [4.78, 5) is 14.6. The molecule has 1 rings (SSSR count). The summed E-state index contributed by atoms with van der Waals surface area (Å²) >= 11 is 4.99. The van der Waals surface area contributed by atoms with Crippen LogP contribution in [0.3, 0.4) is 0 Å². The number of hydrogen-bond donors (Lipinski definition) is 2. The SMILES string of the molecule is CCCN(CCC)CC(=O)Nc1ccccc1C(N)=S. The molecular formula is C15H23N3OS. The zero-order chi connectivity index (χ0) is 15.0. The van der Waals surface area contributed by atoms with E-state index in [0.717, 1.165) is 25.9 Å². The van der Waals surface area contributed by atoms with Crippen LogP contribution in [-0.2, 0) is 4.79 Å². The minimum absolute atomic E-state index is 0.0319. The van der Waals surface area contributed by atoms with Crippen LogP contribution in [0.2, 0.25) is 0 Å². The molecule has 0 saturated carbocycles.